The van der Waals surface area contributed by atoms with Crippen molar-refractivity contribution in [2.45, 2.75) is 20.8 Å². The van der Waals surface area contributed by atoms with E-state index in [-0.39, 0.29) is 0 Å². The molecule has 0 fully saturated rings. The van der Waals surface area contributed by atoms with Gasteiger partial charge in [-0.2, -0.15) is 0 Å². The third kappa shape index (κ3) is 2.94. The molecule has 0 saturated heterocycles. The zero-order valence-corrected chi connectivity index (χ0v) is 9.28. The smallest absolute Gasteiger partial charge is 0.156 e. The Balaban J connectivity index is 0.000000531. The number of pyridine rings is 1. The Morgan fingerprint density at radius 3 is 2.53 bits per heavy atom. The van der Waals surface area contributed by atoms with Crippen molar-refractivity contribution in [2.24, 2.45) is 0 Å². The molecule has 2 aromatic rings. The van der Waals surface area contributed by atoms with Gasteiger partial charge >= 0.3 is 0 Å². The van der Waals surface area contributed by atoms with E-state index in [1.165, 1.54) is 0 Å². The minimum Gasteiger partial charge on any atom is -0.341 e. The highest BCUT2D eigenvalue weighted by atomic mass is 14.9. The maximum Gasteiger partial charge on any atom is 0.156 e. The average molecular weight is 199 g/mol. The highest BCUT2D eigenvalue weighted by Crippen LogP contribution is 2.09. The van der Waals surface area contributed by atoms with Gasteiger partial charge in [-0.05, 0) is 13.0 Å². The summed E-state index contributed by atoms with van der Waals surface area (Å²) in [6.45, 7) is 5.95. The van der Waals surface area contributed by atoms with E-state index in [2.05, 4.69) is 15.0 Å². The third-order valence-electron chi connectivity index (χ3n) is 1.73. The van der Waals surface area contributed by atoms with Crippen LogP contribution in [0.25, 0.3) is 11.5 Å². The van der Waals surface area contributed by atoms with Gasteiger partial charge in [0.1, 0.15) is 13.5 Å². The van der Waals surface area contributed by atoms with Gasteiger partial charge < -0.3 is 4.98 Å². The van der Waals surface area contributed by atoms with E-state index in [1.807, 2.05) is 20.8 Å². The Kier molecular flexibility index (Phi) is 4.09. The molecule has 4 heteroatoms. The number of imidazole rings is 1. The standard InChI is InChI=1S/C9H8BN3.C2H6/c1-6-5-12-9(13-6)8-4-7(10)2-3-11-8;1-2/h2-5H,1H3,(H,12,13);1-2H3. The van der Waals surface area contributed by atoms with E-state index in [9.17, 15) is 0 Å². The van der Waals surface area contributed by atoms with E-state index in [0.717, 1.165) is 17.2 Å². The minimum absolute atomic E-state index is 0.694. The summed E-state index contributed by atoms with van der Waals surface area (Å²) >= 11 is 0. The number of H-pyrrole nitrogens is 1. The number of nitrogens with zero attached hydrogens (tertiary/aromatic N) is 2. The van der Waals surface area contributed by atoms with Gasteiger partial charge in [-0.25, -0.2) is 4.98 Å². The van der Waals surface area contributed by atoms with Crippen LogP contribution in [0.3, 0.4) is 0 Å². The summed E-state index contributed by atoms with van der Waals surface area (Å²) in [7, 11) is 5.62. The molecule has 76 valence electrons. The van der Waals surface area contributed by atoms with Crippen molar-refractivity contribution in [3.8, 4) is 11.5 Å². The molecule has 0 unspecified atom stereocenters. The SMILES string of the molecule is CC.[B]c1ccnc(-c2ncc(C)[nH]2)c1. The van der Waals surface area contributed by atoms with E-state index < -0.39 is 0 Å². The van der Waals surface area contributed by atoms with Gasteiger partial charge in [0.2, 0.25) is 0 Å². The van der Waals surface area contributed by atoms with Crippen LogP contribution >= 0.6 is 0 Å². The van der Waals surface area contributed by atoms with Crippen LogP contribution in [-0.4, -0.2) is 22.8 Å². The molecule has 0 atom stereocenters. The number of hydrogen-bond donors (Lipinski definition) is 1. The summed E-state index contributed by atoms with van der Waals surface area (Å²) in [4.78, 5) is 11.4. The first-order valence-electron chi connectivity index (χ1n) is 4.99. The van der Waals surface area contributed by atoms with Gasteiger partial charge in [0.05, 0.1) is 0 Å². The van der Waals surface area contributed by atoms with Crippen LogP contribution in [-0.2, 0) is 0 Å². The van der Waals surface area contributed by atoms with Crippen LogP contribution in [0.15, 0.2) is 24.5 Å². The number of rotatable bonds is 1. The highest BCUT2D eigenvalue weighted by molar-refractivity contribution is 6.32. The predicted molar refractivity (Wildman–Crippen MR) is 63.3 cm³/mol. The molecule has 0 saturated carbocycles. The van der Waals surface area contributed by atoms with Crippen LogP contribution in [0.4, 0.5) is 0 Å². The van der Waals surface area contributed by atoms with Crippen LogP contribution in [0.5, 0.6) is 0 Å². The summed E-state index contributed by atoms with van der Waals surface area (Å²) in [6, 6.07) is 3.54. The Morgan fingerprint density at radius 1 is 1.27 bits per heavy atom. The molecule has 2 heterocycles. The topological polar surface area (TPSA) is 41.6 Å². The Bertz CT molecular complexity index is 423. The molecule has 2 rings (SSSR count). The normalized spacial score (nSPS) is 9.27. The Hall–Kier alpha value is -1.58. The first-order chi connectivity index (χ1) is 7.25. The van der Waals surface area contributed by atoms with Gasteiger partial charge in [-0.15, -0.1) is 0 Å². The highest BCUT2D eigenvalue weighted by Gasteiger charge is 2.01. The van der Waals surface area contributed by atoms with E-state index in [0.29, 0.717) is 5.46 Å². The molecular formula is C11H14BN3. The third-order valence-corrected chi connectivity index (χ3v) is 1.73. The van der Waals surface area contributed by atoms with Crippen molar-refractivity contribution in [2.75, 3.05) is 0 Å². The van der Waals surface area contributed by atoms with Crippen molar-refractivity contribution >= 4 is 13.3 Å². The van der Waals surface area contributed by atoms with Gasteiger partial charge in [0.15, 0.2) is 5.82 Å². The van der Waals surface area contributed by atoms with Gasteiger partial charge in [-0.1, -0.05) is 25.4 Å². The quantitative estimate of drug-likeness (QED) is 0.708. The van der Waals surface area contributed by atoms with Crippen LogP contribution < -0.4 is 5.46 Å². The molecule has 0 spiro atoms. The van der Waals surface area contributed by atoms with Gasteiger partial charge in [0, 0.05) is 18.1 Å². The van der Waals surface area contributed by atoms with Gasteiger partial charge in [0.25, 0.3) is 0 Å². The monoisotopic (exact) mass is 199 g/mol. The van der Waals surface area contributed by atoms with Crippen LogP contribution in [0.2, 0.25) is 0 Å². The zero-order valence-electron chi connectivity index (χ0n) is 9.28. The zero-order chi connectivity index (χ0) is 11.3. The van der Waals surface area contributed by atoms with E-state index in [1.54, 1.807) is 24.5 Å². The summed E-state index contributed by atoms with van der Waals surface area (Å²) < 4.78 is 0. The van der Waals surface area contributed by atoms with E-state index in [4.69, 9.17) is 7.85 Å². The van der Waals surface area contributed by atoms with Crippen molar-refractivity contribution in [1.82, 2.24) is 15.0 Å². The largest absolute Gasteiger partial charge is 0.341 e. The number of aromatic amines is 1. The fourth-order valence-electron chi connectivity index (χ4n) is 1.12. The number of hydrogen-bond acceptors (Lipinski definition) is 2. The molecule has 0 amide bonds. The molecule has 0 aliphatic heterocycles. The molecular weight excluding hydrogens is 185 g/mol. The van der Waals surface area contributed by atoms with Crippen molar-refractivity contribution < 1.29 is 0 Å². The summed E-state index contributed by atoms with van der Waals surface area (Å²) in [5.74, 6) is 0.754. The Labute approximate surface area is 91.4 Å². The first-order valence-corrected chi connectivity index (χ1v) is 4.99. The van der Waals surface area contributed by atoms with E-state index >= 15 is 0 Å². The molecule has 0 aliphatic rings. The van der Waals surface area contributed by atoms with Crippen molar-refractivity contribution in [3.63, 3.8) is 0 Å². The Morgan fingerprint density at radius 2 is 2.00 bits per heavy atom. The van der Waals surface area contributed by atoms with Crippen molar-refractivity contribution in [1.29, 1.82) is 0 Å². The first kappa shape index (κ1) is 11.5. The minimum atomic E-state index is 0.694. The van der Waals surface area contributed by atoms with Crippen LogP contribution in [0, 0.1) is 6.92 Å². The number of aryl methyl sites for hydroxylation is 1. The molecule has 0 aromatic carbocycles. The summed E-state index contributed by atoms with van der Waals surface area (Å²) in [5.41, 5.74) is 2.48. The lowest BCUT2D eigenvalue weighted by Gasteiger charge is -1.96. The predicted octanol–water partition coefficient (Wildman–Crippen LogP) is 1.60. The molecule has 0 bridgehead atoms. The second-order valence-corrected chi connectivity index (χ2v) is 2.89. The molecule has 1 N–H and O–H groups in total. The summed E-state index contributed by atoms with van der Waals surface area (Å²) in [5, 5.41) is 0. The maximum absolute atomic E-state index is 5.62. The molecule has 3 nitrogen and oxygen atoms in total. The molecule has 0 aliphatic carbocycles. The number of aromatic nitrogens is 3. The lowest BCUT2D eigenvalue weighted by atomic mass is 9.97. The number of nitrogens with one attached hydrogen (secondary N) is 1. The van der Waals surface area contributed by atoms with Crippen LogP contribution in [0.1, 0.15) is 19.5 Å². The molecule has 2 radical (unpaired) electrons. The summed E-state index contributed by atoms with van der Waals surface area (Å²) in [6.07, 6.45) is 3.43. The molecule has 15 heavy (non-hydrogen) atoms. The lowest BCUT2D eigenvalue weighted by molar-refractivity contribution is 1.21. The lowest BCUT2D eigenvalue weighted by Crippen LogP contribution is -2.02. The fourth-order valence-corrected chi connectivity index (χ4v) is 1.12. The maximum atomic E-state index is 5.62. The van der Waals surface area contributed by atoms with Gasteiger partial charge in [-0.3, -0.25) is 4.98 Å². The second kappa shape index (κ2) is 5.34. The second-order valence-electron chi connectivity index (χ2n) is 2.89. The fraction of sp³-hybridized carbons (Fsp3) is 0.273. The molecule has 2 aromatic heterocycles. The average Bonchev–Trinajstić information content (AvgIpc) is 2.68. The van der Waals surface area contributed by atoms with Crippen molar-refractivity contribution in [3.05, 3.63) is 30.2 Å².